The largest absolute Gasteiger partial charge is 0.361 e. The lowest BCUT2D eigenvalue weighted by Crippen LogP contribution is -2.17. The molecule has 0 aromatic carbocycles. The Morgan fingerprint density at radius 2 is 2.35 bits per heavy atom. The maximum atomic E-state index is 5.74. The third kappa shape index (κ3) is 4.11. The Hall–Kier alpha value is -0.910. The quantitative estimate of drug-likeness (QED) is 0.846. The first kappa shape index (κ1) is 12.5. The zero-order valence-electron chi connectivity index (χ0n) is 9.85. The SMILES string of the molecule is CC(N)Cc1csc(NCCc2cccs2)n1. The van der Waals surface area contributed by atoms with Gasteiger partial charge in [-0.3, -0.25) is 0 Å². The summed E-state index contributed by atoms with van der Waals surface area (Å²) in [5.74, 6) is 0. The van der Waals surface area contributed by atoms with Crippen molar-refractivity contribution in [3.05, 3.63) is 33.5 Å². The molecule has 0 fully saturated rings. The number of aromatic nitrogens is 1. The van der Waals surface area contributed by atoms with Crippen molar-refractivity contribution in [3.8, 4) is 0 Å². The van der Waals surface area contributed by atoms with Crippen molar-refractivity contribution in [1.82, 2.24) is 4.98 Å². The third-order valence-electron chi connectivity index (χ3n) is 2.31. The van der Waals surface area contributed by atoms with Gasteiger partial charge in [0.15, 0.2) is 5.13 Å². The van der Waals surface area contributed by atoms with Gasteiger partial charge in [-0.2, -0.15) is 0 Å². The molecule has 0 aliphatic heterocycles. The van der Waals surface area contributed by atoms with Crippen LogP contribution in [-0.4, -0.2) is 17.6 Å². The van der Waals surface area contributed by atoms with E-state index in [-0.39, 0.29) is 6.04 Å². The van der Waals surface area contributed by atoms with E-state index < -0.39 is 0 Å². The summed E-state index contributed by atoms with van der Waals surface area (Å²) in [5.41, 5.74) is 6.83. The summed E-state index contributed by atoms with van der Waals surface area (Å²) in [6.07, 6.45) is 1.91. The molecule has 0 saturated heterocycles. The van der Waals surface area contributed by atoms with Gasteiger partial charge < -0.3 is 11.1 Å². The Kier molecular flexibility index (Phi) is 4.53. The van der Waals surface area contributed by atoms with Crippen LogP contribution in [-0.2, 0) is 12.8 Å². The van der Waals surface area contributed by atoms with Crippen molar-refractivity contribution < 1.29 is 0 Å². The lowest BCUT2D eigenvalue weighted by Gasteiger charge is -2.01. The fourth-order valence-electron chi connectivity index (χ4n) is 1.56. The topological polar surface area (TPSA) is 50.9 Å². The molecule has 0 amide bonds. The second kappa shape index (κ2) is 6.14. The van der Waals surface area contributed by atoms with E-state index in [9.17, 15) is 0 Å². The summed E-state index contributed by atoms with van der Waals surface area (Å²) in [5, 5.41) is 8.54. The van der Waals surface area contributed by atoms with Gasteiger partial charge in [0, 0.05) is 29.3 Å². The van der Waals surface area contributed by atoms with Crippen LogP contribution >= 0.6 is 22.7 Å². The fourth-order valence-corrected chi connectivity index (χ4v) is 3.02. The number of thiazole rings is 1. The van der Waals surface area contributed by atoms with Gasteiger partial charge in [0.25, 0.3) is 0 Å². The van der Waals surface area contributed by atoms with Crippen molar-refractivity contribution in [3.63, 3.8) is 0 Å². The highest BCUT2D eigenvalue weighted by Crippen LogP contribution is 2.17. The van der Waals surface area contributed by atoms with E-state index in [4.69, 9.17) is 5.73 Å². The molecule has 0 bridgehead atoms. The highest BCUT2D eigenvalue weighted by atomic mass is 32.1. The second-order valence-electron chi connectivity index (χ2n) is 4.08. The average molecular weight is 267 g/mol. The number of hydrogen-bond acceptors (Lipinski definition) is 5. The summed E-state index contributed by atoms with van der Waals surface area (Å²) in [6.45, 7) is 2.94. The Labute approximate surface area is 110 Å². The molecule has 2 aromatic rings. The normalized spacial score (nSPS) is 12.6. The Balaban J connectivity index is 1.77. The molecule has 0 aliphatic rings. The Morgan fingerprint density at radius 1 is 1.47 bits per heavy atom. The lowest BCUT2D eigenvalue weighted by molar-refractivity contribution is 0.726. The molecule has 3 N–H and O–H groups in total. The first-order chi connectivity index (χ1) is 8.24. The molecule has 2 rings (SSSR count). The van der Waals surface area contributed by atoms with Crippen molar-refractivity contribution in [1.29, 1.82) is 0 Å². The number of anilines is 1. The molecule has 17 heavy (non-hydrogen) atoms. The number of nitrogens with one attached hydrogen (secondary N) is 1. The Bertz CT molecular complexity index is 434. The van der Waals surface area contributed by atoms with Gasteiger partial charge in [-0.1, -0.05) is 6.07 Å². The molecule has 0 radical (unpaired) electrons. The summed E-state index contributed by atoms with van der Waals surface area (Å²) in [6, 6.07) is 4.43. The molecule has 0 spiro atoms. The van der Waals surface area contributed by atoms with Crippen molar-refractivity contribution in [2.45, 2.75) is 25.8 Å². The Morgan fingerprint density at radius 3 is 3.06 bits per heavy atom. The van der Waals surface area contributed by atoms with Crippen LogP contribution in [0, 0.1) is 0 Å². The van der Waals surface area contributed by atoms with E-state index in [1.54, 1.807) is 22.7 Å². The maximum absolute atomic E-state index is 5.74. The summed E-state index contributed by atoms with van der Waals surface area (Å²) < 4.78 is 0. The van der Waals surface area contributed by atoms with E-state index in [0.717, 1.165) is 30.2 Å². The summed E-state index contributed by atoms with van der Waals surface area (Å²) in [7, 11) is 0. The van der Waals surface area contributed by atoms with E-state index >= 15 is 0 Å². The summed E-state index contributed by atoms with van der Waals surface area (Å²) >= 11 is 3.45. The zero-order valence-corrected chi connectivity index (χ0v) is 11.5. The van der Waals surface area contributed by atoms with E-state index in [0.29, 0.717) is 0 Å². The molecular formula is C12H17N3S2. The van der Waals surface area contributed by atoms with Crippen LogP contribution in [0.3, 0.4) is 0 Å². The van der Waals surface area contributed by atoms with Crippen LogP contribution in [0.25, 0.3) is 0 Å². The third-order valence-corrected chi connectivity index (χ3v) is 4.10. The number of nitrogens with two attached hydrogens (primary N) is 1. The minimum atomic E-state index is 0.177. The predicted molar refractivity (Wildman–Crippen MR) is 76.0 cm³/mol. The summed E-state index contributed by atoms with van der Waals surface area (Å²) in [4.78, 5) is 5.91. The molecule has 3 nitrogen and oxygen atoms in total. The molecule has 2 aromatic heterocycles. The van der Waals surface area contributed by atoms with Gasteiger partial charge in [0.2, 0.25) is 0 Å². The monoisotopic (exact) mass is 267 g/mol. The first-order valence-electron chi connectivity index (χ1n) is 5.70. The molecule has 1 unspecified atom stereocenters. The average Bonchev–Trinajstić information content (AvgIpc) is 2.89. The highest BCUT2D eigenvalue weighted by molar-refractivity contribution is 7.13. The number of rotatable bonds is 6. The van der Waals surface area contributed by atoms with Gasteiger partial charge in [-0.25, -0.2) is 4.98 Å². The van der Waals surface area contributed by atoms with E-state index in [2.05, 4.69) is 33.2 Å². The van der Waals surface area contributed by atoms with E-state index in [1.165, 1.54) is 4.88 Å². The maximum Gasteiger partial charge on any atom is 0.182 e. The number of hydrogen-bond donors (Lipinski definition) is 2. The number of nitrogens with zero attached hydrogens (tertiary/aromatic N) is 1. The van der Waals surface area contributed by atoms with Crippen molar-refractivity contribution in [2.24, 2.45) is 5.73 Å². The van der Waals surface area contributed by atoms with Crippen molar-refractivity contribution in [2.75, 3.05) is 11.9 Å². The lowest BCUT2D eigenvalue weighted by atomic mass is 10.2. The van der Waals surface area contributed by atoms with Gasteiger partial charge in [0.1, 0.15) is 0 Å². The van der Waals surface area contributed by atoms with Gasteiger partial charge >= 0.3 is 0 Å². The predicted octanol–water partition coefficient (Wildman–Crippen LogP) is 2.75. The van der Waals surface area contributed by atoms with Crippen LogP contribution in [0.1, 0.15) is 17.5 Å². The van der Waals surface area contributed by atoms with Crippen LogP contribution < -0.4 is 11.1 Å². The van der Waals surface area contributed by atoms with Gasteiger partial charge in [-0.15, -0.1) is 22.7 Å². The highest BCUT2D eigenvalue weighted by Gasteiger charge is 2.03. The fraction of sp³-hybridized carbons (Fsp3) is 0.417. The smallest absolute Gasteiger partial charge is 0.182 e. The molecule has 0 saturated carbocycles. The molecule has 2 heterocycles. The molecule has 0 aliphatic carbocycles. The molecule has 1 atom stereocenters. The van der Waals surface area contributed by atoms with Crippen LogP contribution in [0.5, 0.6) is 0 Å². The molecule has 92 valence electrons. The van der Waals surface area contributed by atoms with Gasteiger partial charge in [0.05, 0.1) is 5.69 Å². The number of thiophene rings is 1. The zero-order chi connectivity index (χ0) is 12.1. The molecular weight excluding hydrogens is 250 g/mol. The van der Waals surface area contributed by atoms with Gasteiger partial charge in [-0.05, 0) is 24.8 Å². The minimum Gasteiger partial charge on any atom is -0.361 e. The minimum absolute atomic E-state index is 0.177. The van der Waals surface area contributed by atoms with Crippen LogP contribution in [0.15, 0.2) is 22.9 Å². The first-order valence-corrected chi connectivity index (χ1v) is 7.46. The van der Waals surface area contributed by atoms with E-state index in [1.807, 2.05) is 6.92 Å². The van der Waals surface area contributed by atoms with Crippen molar-refractivity contribution >= 4 is 27.8 Å². The standard InChI is InChI=1S/C12H17N3S2/c1-9(13)7-10-8-17-12(15-10)14-5-4-11-3-2-6-16-11/h2-3,6,8-9H,4-5,7,13H2,1H3,(H,14,15). The van der Waals surface area contributed by atoms with Crippen LogP contribution in [0.2, 0.25) is 0 Å². The molecule has 5 heteroatoms. The second-order valence-corrected chi connectivity index (χ2v) is 5.97. The van der Waals surface area contributed by atoms with Crippen LogP contribution in [0.4, 0.5) is 5.13 Å².